The summed E-state index contributed by atoms with van der Waals surface area (Å²) < 4.78 is 8.98. The number of ether oxygens (including phenoxy) is 1. The molecule has 6 heteroatoms. The van der Waals surface area contributed by atoms with Crippen molar-refractivity contribution >= 4 is 10.8 Å². The number of hydrogen-bond donors (Lipinski definition) is 1. The van der Waals surface area contributed by atoms with E-state index >= 15 is 0 Å². The maximum Gasteiger partial charge on any atom is 0.276 e. The maximum absolute atomic E-state index is 12.4. The van der Waals surface area contributed by atoms with Gasteiger partial charge in [-0.3, -0.25) is 4.79 Å². The number of hydrogen-bond acceptors (Lipinski definition) is 4. The normalized spacial score (nSPS) is 11.3. The highest BCUT2D eigenvalue weighted by atomic mass is 16.5. The lowest BCUT2D eigenvalue weighted by Crippen LogP contribution is -2.21. The minimum absolute atomic E-state index is 0.0828. The molecule has 6 nitrogen and oxygen atoms in total. The molecule has 2 aromatic rings. The maximum atomic E-state index is 12.4. The first-order valence-corrected chi connectivity index (χ1v) is 7.33. The number of fused-ring (bicyclic) bond motifs is 1. The van der Waals surface area contributed by atoms with Crippen molar-refractivity contribution in [1.82, 2.24) is 14.3 Å². The second-order valence-electron chi connectivity index (χ2n) is 5.23. The molecule has 0 saturated heterocycles. The Kier molecular flexibility index (Phi) is 4.67. The standard InChI is InChI=1S/C15H23N3O3/c1-5-6-7-18-10(2)12-13(11(18)3)15(20)17(4)16-14(12)21-9-8-19/h19H,5-9H2,1-4H3. The van der Waals surface area contributed by atoms with Crippen molar-refractivity contribution in [3.8, 4) is 5.88 Å². The predicted molar refractivity (Wildman–Crippen MR) is 81.9 cm³/mol. The summed E-state index contributed by atoms with van der Waals surface area (Å²) in [6.07, 6.45) is 2.15. The average Bonchev–Trinajstić information content (AvgIpc) is 2.71. The number of aliphatic hydroxyl groups excluding tert-OH is 1. The first-order chi connectivity index (χ1) is 10.0. The Morgan fingerprint density at radius 3 is 2.52 bits per heavy atom. The summed E-state index contributed by atoms with van der Waals surface area (Å²) in [5.41, 5.74) is 1.83. The Hall–Kier alpha value is -1.82. The van der Waals surface area contributed by atoms with Crippen LogP contribution in [-0.2, 0) is 13.6 Å². The third kappa shape index (κ3) is 2.68. The smallest absolute Gasteiger partial charge is 0.276 e. The molecule has 0 aliphatic heterocycles. The molecule has 0 unspecified atom stereocenters. The van der Waals surface area contributed by atoms with Gasteiger partial charge in [-0.15, -0.1) is 5.10 Å². The molecule has 0 bridgehead atoms. The molecule has 0 atom stereocenters. The van der Waals surface area contributed by atoms with Crippen LogP contribution in [0.15, 0.2) is 4.79 Å². The monoisotopic (exact) mass is 293 g/mol. The van der Waals surface area contributed by atoms with Gasteiger partial charge < -0.3 is 14.4 Å². The number of rotatable bonds is 6. The molecule has 0 saturated carbocycles. The molecule has 116 valence electrons. The molecule has 0 fully saturated rings. The second-order valence-corrected chi connectivity index (χ2v) is 5.23. The van der Waals surface area contributed by atoms with Gasteiger partial charge in [-0.2, -0.15) is 0 Å². The van der Waals surface area contributed by atoms with Gasteiger partial charge >= 0.3 is 0 Å². The molecule has 0 aliphatic carbocycles. The zero-order valence-electron chi connectivity index (χ0n) is 13.1. The van der Waals surface area contributed by atoms with Crippen molar-refractivity contribution in [2.75, 3.05) is 13.2 Å². The van der Waals surface area contributed by atoms with E-state index in [0.717, 1.165) is 36.2 Å². The van der Waals surface area contributed by atoms with Crippen molar-refractivity contribution < 1.29 is 9.84 Å². The second kappa shape index (κ2) is 6.30. The van der Waals surface area contributed by atoms with Crippen molar-refractivity contribution in [3.63, 3.8) is 0 Å². The SMILES string of the molecule is CCCCn1c(C)c2c(OCCO)nn(C)c(=O)c2c1C. The molecule has 0 aromatic carbocycles. The first kappa shape index (κ1) is 15.6. The van der Waals surface area contributed by atoms with Crippen LogP contribution in [0.25, 0.3) is 10.8 Å². The minimum atomic E-state index is -0.114. The summed E-state index contributed by atoms with van der Waals surface area (Å²) in [6.45, 7) is 7.05. The van der Waals surface area contributed by atoms with Gasteiger partial charge in [0.2, 0.25) is 5.88 Å². The molecule has 2 rings (SSSR count). The first-order valence-electron chi connectivity index (χ1n) is 7.33. The molecule has 2 heterocycles. The van der Waals surface area contributed by atoms with E-state index in [1.807, 2.05) is 13.8 Å². The fourth-order valence-electron chi connectivity index (χ4n) is 2.70. The number of aromatic nitrogens is 3. The van der Waals surface area contributed by atoms with Gasteiger partial charge in [0.05, 0.1) is 17.4 Å². The Morgan fingerprint density at radius 1 is 1.24 bits per heavy atom. The van der Waals surface area contributed by atoms with Crippen LogP contribution in [0.5, 0.6) is 5.88 Å². The van der Waals surface area contributed by atoms with Crippen LogP contribution in [0.1, 0.15) is 31.2 Å². The molecule has 21 heavy (non-hydrogen) atoms. The highest BCUT2D eigenvalue weighted by Gasteiger charge is 2.20. The Labute approximate surface area is 124 Å². The quantitative estimate of drug-likeness (QED) is 0.877. The third-order valence-corrected chi connectivity index (χ3v) is 3.81. The van der Waals surface area contributed by atoms with E-state index in [-0.39, 0.29) is 18.8 Å². The third-order valence-electron chi connectivity index (χ3n) is 3.81. The highest BCUT2D eigenvalue weighted by Crippen LogP contribution is 2.29. The van der Waals surface area contributed by atoms with E-state index < -0.39 is 0 Å². The fraction of sp³-hybridized carbons (Fsp3) is 0.600. The average molecular weight is 293 g/mol. The van der Waals surface area contributed by atoms with Crippen LogP contribution in [0.2, 0.25) is 0 Å². The molecule has 0 spiro atoms. The lowest BCUT2D eigenvalue weighted by atomic mass is 10.2. The number of aliphatic hydroxyl groups is 1. The Balaban J connectivity index is 2.70. The summed E-state index contributed by atoms with van der Waals surface area (Å²) in [6, 6.07) is 0. The molecule has 0 radical (unpaired) electrons. The molecule has 0 amide bonds. The minimum Gasteiger partial charge on any atom is -0.474 e. The Morgan fingerprint density at radius 2 is 1.90 bits per heavy atom. The van der Waals surface area contributed by atoms with E-state index in [0.29, 0.717) is 11.3 Å². The van der Waals surface area contributed by atoms with Gasteiger partial charge in [0.15, 0.2) is 0 Å². The van der Waals surface area contributed by atoms with E-state index in [1.54, 1.807) is 7.05 Å². The lowest BCUT2D eigenvalue weighted by molar-refractivity contribution is 0.196. The summed E-state index contributed by atoms with van der Waals surface area (Å²) >= 11 is 0. The van der Waals surface area contributed by atoms with Gasteiger partial charge in [-0.1, -0.05) is 13.3 Å². The van der Waals surface area contributed by atoms with E-state index in [9.17, 15) is 4.79 Å². The van der Waals surface area contributed by atoms with Crippen LogP contribution in [0, 0.1) is 13.8 Å². The fourth-order valence-corrected chi connectivity index (χ4v) is 2.70. The number of nitrogens with zero attached hydrogens (tertiary/aromatic N) is 3. The molecular formula is C15H23N3O3. The van der Waals surface area contributed by atoms with E-state index in [4.69, 9.17) is 9.84 Å². The zero-order chi connectivity index (χ0) is 15.6. The highest BCUT2D eigenvalue weighted by molar-refractivity contribution is 5.91. The van der Waals surface area contributed by atoms with Crippen molar-refractivity contribution in [1.29, 1.82) is 0 Å². The molecule has 1 N–H and O–H groups in total. The van der Waals surface area contributed by atoms with Crippen molar-refractivity contribution in [3.05, 3.63) is 21.7 Å². The largest absolute Gasteiger partial charge is 0.474 e. The van der Waals surface area contributed by atoms with E-state index in [2.05, 4.69) is 16.6 Å². The molecular weight excluding hydrogens is 270 g/mol. The summed E-state index contributed by atoms with van der Waals surface area (Å²) in [5.74, 6) is 0.414. The van der Waals surface area contributed by atoms with Crippen LogP contribution in [0.4, 0.5) is 0 Å². The number of aryl methyl sites for hydroxylation is 3. The molecule has 2 aromatic heterocycles. The summed E-state index contributed by atoms with van der Waals surface area (Å²) in [4.78, 5) is 12.4. The topological polar surface area (TPSA) is 69.3 Å². The van der Waals surface area contributed by atoms with Gasteiger partial charge in [0.25, 0.3) is 5.56 Å². The van der Waals surface area contributed by atoms with Crippen LogP contribution in [0.3, 0.4) is 0 Å². The van der Waals surface area contributed by atoms with Crippen LogP contribution in [-0.4, -0.2) is 32.7 Å². The van der Waals surface area contributed by atoms with Crippen LogP contribution < -0.4 is 10.3 Å². The molecule has 0 aliphatic rings. The van der Waals surface area contributed by atoms with Crippen molar-refractivity contribution in [2.24, 2.45) is 7.05 Å². The van der Waals surface area contributed by atoms with Gasteiger partial charge in [-0.05, 0) is 20.3 Å². The Bertz CT molecular complexity index is 700. The van der Waals surface area contributed by atoms with Gasteiger partial charge in [0.1, 0.15) is 6.61 Å². The van der Waals surface area contributed by atoms with E-state index in [1.165, 1.54) is 4.68 Å². The van der Waals surface area contributed by atoms with Gasteiger partial charge in [-0.25, -0.2) is 4.68 Å². The summed E-state index contributed by atoms with van der Waals surface area (Å²) in [7, 11) is 1.62. The predicted octanol–water partition coefficient (Wildman–Crippen LogP) is 1.52. The number of unbranched alkanes of at least 4 members (excludes halogenated alkanes) is 1. The van der Waals surface area contributed by atoms with Crippen LogP contribution >= 0.6 is 0 Å². The lowest BCUT2D eigenvalue weighted by Gasteiger charge is -2.08. The zero-order valence-corrected chi connectivity index (χ0v) is 13.1. The summed E-state index contributed by atoms with van der Waals surface area (Å²) in [5, 5.41) is 14.6. The van der Waals surface area contributed by atoms with Crippen molar-refractivity contribution in [2.45, 2.75) is 40.2 Å². The van der Waals surface area contributed by atoms with Gasteiger partial charge in [0, 0.05) is 25.0 Å².